The number of rotatable bonds is 6. The van der Waals surface area contributed by atoms with Crippen LogP contribution in [0.15, 0.2) is 36.7 Å². The first-order chi connectivity index (χ1) is 12.6. The molecule has 1 amide bonds. The SMILES string of the molecule is Cc1ccc(C)c(Nc2cncc(C(=O)NCCN3CCOCC3)c2)c1. The molecule has 6 nitrogen and oxygen atoms in total. The molecular weight excluding hydrogens is 328 g/mol. The molecule has 0 aliphatic carbocycles. The van der Waals surface area contributed by atoms with Crippen molar-refractivity contribution in [2.24, 2.45) is 0 Å². The lowest BCUT2D eigenvalue weighted by atomic mass is 10.1. The second kappa shape index (κ2) is 8.78. The molecule has 0 saturated carbocycles. The lowest BCUT2D eigenvalue weighted by molar-refractivity contribution is 0.0383. The van der Waals surface area contributed by atoms with Crippen molar-refractivity contribution in [3.8, 4) is 0 Å². The molecule has 1 aromatic heterocycles. The van der Waals surface area contributed by atoms with E-state index in [4.69, 9.17) is 4.74 Å². The van der Waals surface area contributed by atoms with Gasteiger partial charge in [-0.2, -0.15) is 0 Å². The molecule has 0 spiro atoms. The highest BCUT2D eigenvalue weighted by Crippen LogP contribution is 2.21. The van der Waals surface area contributed by atoms with Crippen LogP contribution in [0.2, 0.25) is 0 Å². The minimum Gasteiger partial charge on any atom is -0.379 e. The molecule has 1 aliphatic heterocycles. The van der Waals surface area contributed by atoms with E-state index in [1.54, 1.807) is 12.4 Å². The van der Waals surface area contributed by atoms with E-state index in [1.165, 1.54) is 5.56 Å². The number of benzene rings is 1. The van der Waals surface area contributed by atoms with Gasteiger partial charge in [0.25, 0.3) is 5.91 Å². The van der Waals surface area contributed by atoms with E-state index < -0.39 is 0 Å². The summed E-state index contributed by atoms with van der Waals surface area (Å²) in [7, 11) is 0. The highest BCUT2D eigenvalue weighted by molar-refractivity contribution is 5.94. The quantitative estimate of drug-likeness (QED) is 0.834. The number of aryl methyl sites for hydroxylation is 2. The molecule has 1 aliphatic rings. The molecule has 3 rings (SSSR count). The Morgan fingerprint density at radius 2 is 2.00 bits per heavy atom. The van der Waals surface area contributed by atoms with Gasteiger partial charge in [-0.05, 0) is 37.1 Å². The van der Waals surface area contributed by atoms with Crippen LogP contribution in [0.3, 0.4) is 0 Å². The molecule has 1 aromatic carbocycles. The summed E-state index contributed by atoms with van der Waals surface area (Å²) in [6.07, 6.45) is 3.32. The van der Waals surface area contributed by atoms with Gasteiger partial charge in [0.15, 0.2) is 0 Å². The van der Waals surface area contributed by atoms with Crippen LogP contribution in [0.5, 0.6) is 0 Å². The molecule has 138 valence electrons. The zero-order chi connectivity index (χ0) is 18.4. The van der Waals surface area contributed by atoms with E-state index in [2.05, 4.69) is 52.6 Å². The second-order valence-corrected chi connectivity index (χ2v) is 6.62. The fourth-order valence-electron chi connectivity index (χ4n) is 2.91. The largest absolute Gasteiger partial charge is 0.379 e. The maximum absolute atomic E-state index is 12.4. The van der Waals surface area contributed by atoms with Crippen LogP contribution < -0.4 is 10.6 Å². The van der Waals surface area contributed by atoms with E-state index in [0.29, 0.717) is 12.1 Å². The van der Waals surface area contributed by atoms with Crippen molar-refractivity contribution < 1.29 is 9.53 Å². The van der Waals surface area contributed by atoms with Gasteiger partial charge in [0, 0.05) is 38.1 Å². The topological polar surface area (TPSA) is 66.5 Å². The van der Waals surface area contributed by atoms with Gasteiger partial charge >= 0.3 is 0 Å². The predicted octanol–water partition coefficient (Wildman–Crippen LogP) is 2.50. The molecule has 0 unspecified atom stereocenters. The van der Waals surface area contributed by atoms with Crippen LogP contribution in [-0.2, 0) is 4.74 Å². The van der Waals surface area contributed by atoms with Crippen LogP contribution in [0.25, 0.3) is 0 Å². The number of pyridine rings is 1. The van der Waals surface area contributed by atoms with Gasteiger partial charge < -0.3 is 15.4 Å². The third-order valence-electron chi connectivity index (χ3n) is 4.49. The molecular formula is C20H26N4O2. The lowest BCUT2D eigenvalue weighted by Crippen LogP contribution is -2.41. The van der Waals surface area contributed by atoms with Gasteiger partial charge in [-0.1, -0.05) is 12.1 Å². The number of hydrogen-bond donors (Lipinski definition) is 2. The van der Waals surface area contributed by atoms with E-state index in [1.807, 2.05) is 6.07 Å². The molecule has 2 heterocycles. The Morgan fingerprint density at radius 3 is 2.81 bits per heavy atom. The van der Waals surface area contributed by atoms with Crippen molar-refractivity contribution in [1.82, 2.24) is 15.2 Å². The van der Waals surface area contributed by atoms with Gasteiger partial charge in [-0.3, -0.25) is 14.7 Å². The summed E-state index contributed by atoms with van der Waals surface area (Å²) >= 11 is 0. The fourth-order valence-corrected chi connectivity index (χ4v) is 2.91. The van der Waals surface area contributed by atoms with Gasteiger partial charge in [-0.15, -0.1) is 0 Å². The number of aromatic nitrogens is 1. The first-order valence-electron chi connectivity index (χ1n) is 8.99. The molecule has 0 bridgehead atoms. The summed E-state index contributed by atoms with van der Waals surface area (Å²) in [5, 5.41) is 6.32. The molecule has 26 heavy (non-hydrogen) atoms. The van der Waals surface area contributed by atoms with Crippen molar-refractivity contribution >= 4 is 17.3 Å². The third kappa shape index (κ3) is 5.03. The number of nitrogens with one attached hydrogen (secondary N) is 2. The Balaban J connectivity index is 1.57. The number of amides is 1. The Morgan fingerprint density at radius 1 is 1.19 bits per heavy atom. The Kier molecular flexibility index (Phi) is 6.20. The number of ether oxygens (including phenoxy) is 1. The Bertz CT molecular complexity index is 757. The van der Waals surface area contributed by atoms with Gasteiger partial charge in [0.2, 0.25) is 0 Å². The van der Waals surface area contributed by atoms with Crippen LogP contribution in [0, 0.1) is 13.8 Å². The van der Waals surface area contributed by atoms with Crippen molar-refractivity contribution in [3.05, 3.63) is 53.3 Å². The molecule has 1 fully saturated rings. The molecule has 0 atom stereocenters. The van der Waals surface area contributed by atoms with Gasteiger partial charge in [-0.25, -0.2) is 0 Å². The van der Waals surface area contributed by atoms with Gasteiger partial charge in [0.1, 0.15) is 0 Å². The molecule has 6 heteroatoms. The number of carbonyl (C=O) groups excluding carboxylic acids is 1. The summed E-state index contributed by atoms with van der Waals surface area (Å²) in [5.74, 6) is -0.102. The molecule has 2 aromatic rings. The van der Waals surface area contributed by atoms with Crippen LogP contribution >= 0.6 is 0 Å². The third-order valence-corrected chi connectivity index (χ3v) is 4.49. The number of morpholine rings is 1. The van der Waals surface area contributed by atoms with Gasteiger partial charge in [0.05, 0.1) is 30.7 Å². The van der Waals surface area contributed by atoms with Crippen LogP contribution in [0.4, 0.5) is 11.4 Å². The fraction of sp³-hybridized carbons (Fsp3) is 0.400. The van der Waals surface area contributed by atoms with E-state index >= 15 is 0 Å². The summed E-state index contributed by atoms with van der Waals surface area (Å²) in [5.41, 5.74) is 4.72. The zero-order valence-corrected chi connectivity index (χ0v) is 15.4. The first kappa shape index (κ1) is 18.4. The Labute approximate surface area is 154 Å². The predicted molar refractivity (Wildman–Crippen MR) is 103 cm³/mol. The number of anilines is 2. The summed E-state index contributed by atoms with van der Waals surface area (Å²) < 4.78 is 5.33. The zero-order valence-electron chi connectivity index (χ0n) is 15.4. The highest BCUT2D eigenvalue weighted by Gasteiger charge is 2.11. The average molecular weight is 354 g/mol. The maximum atomic E-state index is 12.4. The van der Waals surface area contributed by atoms with Crippen LogP contribution in [-0.4, -0.2) is 55.2 Å². The minimum atomic E-state index is -0.102. The van der Waals surface area contributed by atoms with E-state index in [-0.39, 0.29) is 5.91 Å². The number of carbonyl (C=O) groups is 1. The number of nitrogens with zero attached hydrogens (tertiary/aromatic N) is 2. The minimum absolute atomic E-state index is 0.102. The van der Waals surface area contributed by atoms with Crippen LogP contribution in [0.1, 0.15) is 21.5 Å². The van der Waals surface area contributed by atoms with E-state index in [0.717, 1.165) is 49.8 Å². The maximum Gasteiger partial charge on any atom is 0.252 e. The summed E-state index contributed by atoms with van der Waals surface area (Å²) in [4.78, 5) is 18.9. The monoisotopic (exact) mass is 354 g/mol. The average Bonchev–Trinajstić information content (AvgIpc) is 2.66. The standard InChI is InChI=1S/C20H26N4O2/c1-15-3-4-16(2)19(11-15)23-18-12-17(13-21-14-18)20(25)22-5-6-24-7-9-26-10-8-24/h3-4,11-14,23H,5-10H2,1-2H3,(H,22,25). The van der Waals surface area contributed by atoms with Crippen molar-refractivity contribution in [2.75, 3.05) is 44.7 Å². The summed E-state index contributed by atoms with van der Waals surface area (Å²) in [6.45, 7) is 8.95. The van der Waals surface area contributed by atoms with Crippen molar-refractivity contribution in [2.45, 2.75) is 13.8 Å². The van der Waals surface area contributed by atoms with Crippen molar-refractivity contribution in [3.63, 3.8) is 0 Å². The van der Waals surface area contributed by atoms with Crippen molar-refractivity contribution in [1.29, 1.82) is 0 Å². The molecule has 0 radical (unpaired) electrons. The molecule has 1 saturated heterocycles. The first-order valence-corrected chi connectivity index (χ1v) is 8.99. The summed E-state index contributed by atoms with van der Waals surface area (Å²) in [6, 6.07) is 8.08. The van der Waals surface area contributed by atoms with E-state index in [9.17, 15) is 4.79 Å². The number of hydrogen-bond acceptors (Lipinski definition) is 5. The highest BCUT2D eigenvalue weighted by atomic mass is 16.5. The smallest absolute Gasteiger partial charge is 0.252 e. The molecule has 2 N–H and O–H groups in total. The second-order valence-electron chi connectivity index (χ2n) is 6.62. The Hall–Kier alpha value is -2.44. The lowest BCUT2D eigenvalue weighted by Gasteiger charge is -2.26. The normalized spacial score (nSPS) is 14.8.